The first-order valence-corrected chi connectivity index (χ1v) is 7.91. The Morgan fingerprint density at radius 2 is 2.05 bits per heavy atom. The lowest BCUT2D eigenvalue weighted by atomic mass is 9.83. The molecule has 0 saturated heterocycles. The van der Waals surface area contributed by atoms with Crippen LogP contribution in [0.25, 0.3) is 0 Å². The predicted octanol–water partition coefficient (Wildman–Crippen LogP) is 3.22. The third-order valence-corrected chi connectivity index (χ3v) is 4.27. The van der Waals surface area contributed by atoms with Crippen LogP contribution in [0.5, 0.6) is 5.75 Å². The van der Waals surface area contributed by atoms with E-state index < -0.39 is 0 Å². The van der Waals surface area contributed by atoms with Crippen LogP contribution < -0.4 is 15.8 Å². The third-order valence-electron chi connectivity index (χ3n) is 4.27. The normalized spacial score (nSPS) is 21.8. The number of ether oxygens (including phenoxy) is 1. The molecule has 0 aliphatic heterocycles. The first-order chi connectivity index (χ1) is 10.1. The molecule has 0 unspecified atom stereocenters. The zero-order valence-electron chi connectivity index (χ0n) is 13.0. The molecule has 0 radical (unpaired) electrons. The van der Waals surface area contributed by atoms with Crippen molar-refractivity contribution in [1.82, 2.24) is 5.32 Å². The fourth-order valence-corrected chi connectivity index (χ4v) is 2.93. The van der Waals surface area contributed by atoms with Crippen molar-refractivity contribution in [2.24, 2.45) is 11.8 Å². The van der Waals surface area contributed by atoms with E-state index in [9.17, 15) is 4.79 Å². The average molecular weight is 290 g/mol. The molecule has 1 aliphatic rings. The molecule has 1 amide bonds. The highest BCUT2D eigenvalue weighted by Crippen LogP contribution is 2.28. The summed E-state index contributed by atoms with van der Waals surface area (Å²) < 4.78 is 5.50. The molecule has 1 saturated carbocycles. The Bertz CT molecular complexity index is 480. The number of anilines is 1. The summed E-state index contributed by atoms with van der Waals surface area (Å²) in [5, 5.41) is 3.02. The van der Waals surface area contributed by atoms with E-state index in [2.05, 4.69) is 12.2 Å². The van der Waals surface area contributed by atoms with Crippen molar-refractivity contribution in [3.05, 3.63) is 23.8 Å². The molecule has 4 heteroatoms. The molecule has 116 valence electrons. The maximum absolute atomic E-state index is 12.4. The van der Waals surface area contributed by atoms with Crippen LogP contribution >= 0.6 is 0 Å². The zero-order chi connectivity index (χ0) is 15.2. The fraction of sp³-hybridized carbons (Fsp3) is 0.588. The molecule has 0 heterocycles. The Morgan fingerprint density at radius 1 is 1.33 bits per heavy atom. The molecular formula is C17H26N2O2. The Balaban J connectivity index is 1.97. The van der Waals surface area contributed by atoms with Crippen molar-refractivity contribution >= 4 is 11.6 Å². The topological polar surface area (TPSA) is 64.3 Å². The second kappa shape index (κ2) is 7.34. The molecular weight excluding hydrogens is 264 g/mol. The van der Waals surface area contributed by atoms with Gasteiger partial charge in [0.15, 0.2) is 0 Å². The number of nitrogens with one attached hydrogen (secondary N) is 1. The van der Waals surface area contributed by atoms with Crippen LogP contribution in [-0.4, -0.2) is 19.1 Å². The molecule has 21 heavy (non-hydrogen) atoms. The van der Waals surface area contributed by atoms with E-state index in [0.717, 1.165) is 12.5 Å². The highest BCUT2D eigenvalue weighted by Gasteiger charge is 2.21. The first kappa shape index (κ1) is 15.7. The quantitative estimate of drug-likeness (QED) is 0.818. The van der Waals surface area contributed by atoms with E-state index in [1.54, 1.807) is 18.2 Å². The van der Waals surface area contributed by atoms with Crippen molar-refractivity contribution in [1.29, 1.82) is 0 Å². The van der Waals surface area contributed by atoms with Gasteiger partial charge in [-0.25, -0.2) is 0 Å². The second-order valence-electron chi connectivity index (χ2n) is 5.99. The Kier molecular flexibility index (Phi) is 5.48. The van der Waals surface area contributed by atoms with Crippen LogP contribution in [0, 0.1) is 11.8 Å². The van der Waals surface area contributed by atoms with Crippen molar-refractivity contribution in [3.8, 4) is 5.75 Å². The molecule has 2 rings (SSSR count). The summed E-state index contributed by atoms with van der Waals surface area (Å²) in [7, 11) is 0. The van der Waals surface area contributed by atoms with Crippen LogP contribution in [-0.2, 0) is 0 Å². The summed E-state index contributed by atoms with van der Waals surface area (Å²) in [6, 6.07) is 5.33. The summed E-state index contributed by atoms with van der Waals surface area (Å²) in [4.78, 5) is 12.4. The fourth-order valence-electron chi connectivity index (χ4n) is 2.93. The summed E-state index contributed by atoms with van der Waals surface area (Å²) in [6.07, 6.45) is 4.92. The molecule has 1 fully saturated rings. The Labute approximate surface area is 127 Å². The molecule has 3 N–H and O–H groups in total. The molecule has 0 bridgehead atoms. The van der Waals surface area contributed by atoms with E-state index >= 15 is 0 Å². The average Bonchev–Trinajstić information content (AvgIpc) is 2.47. The van der Waals surface area contributed by atoms with Crippen LogP contribution in [0.2, 0.25) is 0 Å². The Hall–Kier alpha value is -1.71. The van der Waals surface area contributed by atoms with Gasteiger partial charge in [-0.2, -0.15) is 0 Å². The van der Waals surface area contributed by atoms with Gasteiger partial charge in [-0.05, 0) is 43.7 Å². The van der Waals surface area contributed by atoms with Gasteiger partial charge in [0.1, 0.15) is 11.3 Å². The number of nitrogens with two attached hydrogens (primary N) is 1. The number of hydrogen-bond donors (Lipinski definition) is 2. The van der Waals surface area contributed by atoms with Gasteiger partial charge in [0.05, 0.1) is 6.61 Å². The van der Waals surface area contributed by atoms with Gasteiger partial charge in [-0.15, -0.1) is 0 Å². The van der Waals surface area contributed by atoms with E-state index in [1.165, 1.54) is 25.7 Å². The van der Waals surface area contributed by atoms with E-state index in [4.69, 9.17) is 10.5 Å². The number of carbonyl (C=O) groups is 1. The van der Waals surface area contributed by atoms with Crippen molar-refractivity contribution in [3.63, 3.8) is 0 Å². The van der Waals surface area contributed by atoms with Crippen LogP contribution in [0.15, 0.2) is 18.2 Å². The lowest BCUT2D eigenvalue weighted by molar-refractivity contribution is 0.0939. The van der Waals surface area contributed by atoms with Gasteiger partial charge in [-0.1, -0.05) is 25.8 Å². The molecule has 4 nitrogen and oxygen atoms in total. The monoisotopic (exact) mass is 290 g/mol. The van der Waals surface area contributed by atoms with Gasteiger partial charge in [0, 0.05) is 12.2 Å². The van der Waals surface area contributed by atoms with E-state index in [-0.39, 0.29) is 5.91 Å². The summed E-state index contributed by atoms with van der Waals surface area (Å²) in [6.45, 7) is 5.44. The maximum Gasteiger partial charge on any atom is 0.257 e. The summed E-state index contributed by atoms with van der Waals surface area (Å²) in [5.74, 6) is 1.85. The molecule has 0 atom stereocenters. The minimum absolute atomic E-state index is 0.129. The molecule has 0 aromatic heterocycles. The molecule has 1 aromatic carbocycles. The van der Waals surface area contributed by atoms with Crippen molar-refractivity contribution in [2.45, 2.75) is 39.5 Å². The third kappa shape index (κ3) is 4.13. The standard InChI is InChI=1S/C17H26N2O2/c1-3-21-15-6-4-5-14(18)16(15)17(20)19-11-13-9-7-12(2)8-10-13/h4-6,12-13H,3,7-11,18H2,1-2H3,(H,19,20). The molecule has 1 aliphatic carbocycles. The number of hydrogen-bond acceptors (Lipinski definition) is 3. The van der Waals surface area contributed by atoms with Crippen LogP contribution in [0.3, 0.4) is 0 Å². The zero-order valence-corrected chi connectivity index (χ0v) is 13.0. The van der Waals surface area contributed by atoms with Gasteiger partial charge >= 0.3 is 0 Å². The number of benzene rings is 1. The molecule has 0 spiro atoms. The van der Waals surface area contributed by atoms with Crippen LogP contribution in [0.1, 0.15) is 49.9 Å². The largest absolute Gasteiger partial charge is 0.493 e. The number of rotatable bonds is 5. The van der Waals surface area contributed by atoms with Gasteiger partial charge in [0.25, 0.3) is 5.91 Å². The SMILES string of the molecule is CCOc1cccc(N)c1C(=O)NCC1CCC(C)CC1. The smallest absolute Gasteiger partial charge is 0.257 e. The van der Waals surface area contributed by atoms with Crippen molar-refractivity contribution < 1.29 is 9.53 Å². The number of amides is 1. The van der Waals surface area contributed by atoms with Gasteiger partial charge in [-0.3, -0.25) is 4.79 Å². The van der Waals surface area contributed by atoms with Gasteiger partial charge in [0.2, 0.25) is 0 Å². The lowest BCUT2D eigenvalue weighted by Gasteiger charge is -2.26. The summed E-state index contributed by atoms with van der Waals surface area (Å²) in [5.41, 5.74) is 6.87. The highest BCUT2D eigenvalue weighted by atomic mass is 16.5. The minimum atomic E-state index is -0.129. The van der Waals surface area contributed by atoms with E-state index in [1.807, 2.05) is 6.92 Å². The van der Waals surface area contributed by atoms with Crippen LogP contribution in [0.4, 0.5) is 5.69 Å². The Morgan fingerprint density at radius 3 is 2.71 bits per heavy atom. The van der Waals surface area contributed by atoms with Gasteiger partial charge < -0.3 is 15.8 Å². The molecule has 1 aromatic rings. The second-order valence-corrected chi connectivity index (χ2v) is 5.99. The van der Waals surface area contributed by atoms with Crippen molar-refractivity contribution in [2.75, 3.05) is 18.9 Å². The number of nitrogen functional groups attached to an aromatic ring is 1. The minimum Gasteiger partial charge on any atom is -0.493 e. The highest BCUT2D eigenvalue weighted by molar-refractivity contribution is 6.01. The maximum atomic E-state index is 12.4. The number of carbonyl (C=O) groups excluding carboxylic acids is 1. The lowest BCUT2D eigenvalue weighted by Crippen LogP contribution is -2.31. The van der Waals surface area contributed by atoms with E-state index in [0.29, 0.717) is 29.5 Å². The predicted molar refractivity (Wildman–Crippen MR) is 85.5 cm³/mol. The first-order valence-electron chi connectivity index (χ1n) is 7.91. The summed E-state index contributed by atoms with van der Waals surface area (Å²) >= 11 is 0.